The van der Waals surface area contributed by atoms with Gasteiger partial charge in [-0.05, 0) is 55.3 Å². The van der Waals surface area contributed by atoms with Crippen LogP contribution in [0, 0.1) is 0 Å². The van der Waals surface area contributed by atoms with E-state index in [1.54, 1.807) is 30.3 Å². The number of carbonyl (C=O) groups excluding carboxylic acids is 1. The molecular formula is C24H24N2O5S. The Bertz CT molecular complexity index is 1270. The van der Waals surface area contributed by atoms with Crippen LogP contribution in [0.15, 0.2) is 71.6 Å². The van der Waals surface area contributed by atoms with Gasteiger partial charge in [-0.3, -0.25) is 9.10 Å². The summed E-state index contributed by atoms with van der Waals surface area (Å²) in [5, 5.41) is 2.77. The lowest BCUT2D eigenvalue weighted by atomic mass is 10.1. The number of nitrogens with zero attached hydrogens (tertiary/aromatic N) is 1. The molecule has 3 aromatic carbocycles. The van der Waals surface area contributed by atoms with Gasteiger partial charge in [-0.1, -0.05) is 24.3 Å². The fourth-order valence-corrected chi connectivity index (χ4v) is 5.67. The minimum absolute atomic E-state index is 0.0704. The Kier molecular flexibility index (Phi) is 5.80. The van der Waals surface area contributed by atoms with E-state index in [4.69, 9.17) is 9.47 Å². The lowest BCUT2D eigenvalue weighted by Crippen LogP contribution is -2.35. The van der Waals surface area contributed by atoms with Crippen molar-refractivity contribution in [2.24, 2.45) is 0 Å². The molecule has 3 aromatic rings. The van der Waals surface area contributed by atoms with Crippen molar-refractivity contribution in [2.45, 2.75) is 24.3 Å². The molecule has 0 spiro atoms. The molecule has 0 radical (unpaired) electrons. The second-order valence-corrected chi connectivity index (χ2v) is 9.35. The topological polar surface area (TPSA) is 84.9 Å². The number of benzene rings is 3. The van der Waals surface area contributed by atoms with E-state index in [2.05, 4.69) is 5.32 Å². The van der Waals surface area contributed by atoms with Gasteiger partial charge < -0.3 is 14.8 Å². The monoisotopic (exact) mass is 452 g/mol. The molecule has 1 heterocycles. The third kappa shape index (κ3) is 3.89. The minimum Gasteiger partial charge on any atom is -0.493 e. The van der Waals surface area contributed by atoms with Crippen molar-refractivity contribution in [1.29, 1.82) is 0 Å². The molecule has 0 saturated heterocycles. The first-order chi connectivity index (χ1) is 15.3. The zero-order valence-corrected chi connectivity index (χ0v) is 18.8. The first kappa shape index (κ1) is 21.7. The molecule has 0 bridgehead atoms. The molecule has 8 heteroatoms. The van der Waals surface area contributed by atoms with Crippen molar-refractivity contribution in [1.82, 2.24) is 0 Å². The van der Waals surface area contributed by atoms with Crippen molar-refractivity contribution in [3.8, 4) is 11.5 Å². The minimum atomic E-state index is -3.83. The second kappa shape index (κ2) is 8.55. The highest BCUT2D eigenvalue weighted by molar-refractivity contribution is 7.92. The summed E-state index contributed by atoms with van der Waals surface area (Å²) in [4.78, 5) is 12.9. The lowest BCUT2D eigenvalue weighted by molar-refractivity contribution is 0.102. The molecule has 1 atom stereocenters. The van der Waals surface area contributed by atoms with Crippen LogP contribution in [0.25, 0.3) is 0 Å². The number of fused-ring (bicyclic) bond motifs is 1. The van der Waals surface area contributed by atoms with Crippen LogP contribution in [0.1, 0.15) is 22.8 Å². The summed E-state index contributed by atoms with van der Waals surface area (Å²) in [6, 6.07) is 18.3. The number of sulfonamides is 1. The molecule has 0 saturated carbocycles. The van der Waals surface area contributed by atoms with E-state index in [0.29, 0.717) is 29.3 Å². The Balaban J connectivity index is 1.62. The lowest BCUT2D eigenvalue weighted by Gasteiger charge is -2.24. The number of rotatable bonds is 6. The molecule has 4 rings (SSSR count). The summed E-state index contributed by atoms with van der Waals surface area (Å²) >= 11 is 0. The van der Waals surface area contributed by atoms with E-state index in [1.807, 2.05) is 31.2 Å². The summed E-state index contributed by atoms with van der Waals surface area (Å²) in [5.74, 6) is 0.589. The van der Waals surface area contributed by atoms with E-state index in [-0.39, 0.29) is 16.5 Å². The van der Waals surface area contributed by atoms with Crippen LogP contribution in [0.3, 0.4) is 0 Å². The highest BCUT2D eigenvalue weighted by Crippen LogP contribution is 2.36. The van der Waals surface area contributed by atoms with Gasteiger partial charge in [0.1, 0.15) is 0 Å². The van der Waals surface area contributed by atoms with Gasteiger partial charge in [-0.25, -0.2) is 8.42 Å². The van der Waals surface area contributed by atoms with Gasteiger partial charge >= 0.3 is 0 Å². The van der Waals surface area contributed by atoms with Crippen LogP contribution >= 0.6 is 0 Å². The van der Waals surface area contributed by atoms with Crippen molar-refractivity contribution < 1.29 is 22.7 Å². The van der Waals surface area contributed by atoms with Crippen molar-refractivity contribution in [3.63, 3.8) is 0 Å². The summed E-state index contributed by atoms with van der Waals surface area (Å²) in [6.45, 7) is 1.88. The number of ether oxygens (including phenoxy) is 2. The average Bonchev–Trinajstić information content (AvgIpc) is 3.15. The second-order valence-electron chi connectivity index (χ2n) is 7.53. The standard InChI is InChI=1S/C24H24N2O5S/c1-16-13-17-7-4-5-10-21(17)26(16)32(28,29)20-9-6-8-18(14-20)24(27)25-19-11-12-22(30-2)23(15-19)31-3/h4-12,14-16H,13H2,1-3H3,(H,25,27)/t16-/m0/s1. The Morgan fingerprint density at radius 3 is 2.47 bits per heavy atom. The highest BCUT2D eigenvalue weighted by atomic mass is 32.2. The number of methoxy groups -OCH3 is 2. The molecule has 0 fully saturated rings. The van der Waals surface area contributed by atoms with Crippen LogP contribution < -0.4 is 19.1 Å². The zero-order valence-electron chi connectivity index (χ0n) is 18.0. The number of amides is 1. The molecule has 1 aliphatic rings. The first-order valence-corrected chi connectivity index (χ1v) is 11.5. The maximum atomic E-state index is 13.5. The molecule has 32 heavy (non-hydrogen) atoms. The Hall–Kier alpha value is -3.52. The van der Waals surface area contributed by atoms with Crippen molar-refractivity contribution in [3.05, 3.63) is 77.9 Å². The van der Waals surface area contributed by atoms with Crippen LogP contribution in [-0.2, 0) is 16.4 Å². The first-order valence-electron chi connectivity index (χ1n) is 10.1. The number of nitrogens with one attached hydrogen (secondary N) is 1. The molecule has 0 aromatic heterocycles. The molecule has 1 aliphatic heterocycles. The quantitative estimate of drug-likeness (QED) is 0.609. The van der Waals surface area contributed by atoms with Gasteiger partial charge in [0.2, 0.25) is 0 Å². The summed E-state index contributed by atoms with van der Waals surface area (Å²) < 4.78 is 38.8. The van der Waals surface area contributed by atoms with Gasteiger partial charge in [-0.15, -0.1) is 0 Å². The summed E-state index contributed by atoms with van der Waals surface area (Å²) in [7, 11) is -0.794. The highest BCUT2D eigenvalue weighted by Gasteiger charge is 2.36. The SMILES string of the molecule is COc1ccc(NC(=O)c2cccc(S(=O)(=O)N3c4ccccc4C[C@@H]3C)c2)cc1OC. The number of carbonyl (C=O) groups is 1. The molecule has 1 N–H and O–H groups in total. The number of para-hydroxylation sites is 1. The van der Waals surface area contributed by atoms with Gasteiger partial charge in [-0.2, -0.15) is 0 Å². The summed E-state index contributed by atoms with van der Waals surface area (Å²) in [6.07, 6.45) is 0.648. The fraction of sp³-hybridized carbons (Fsp3) is 0.208. The fourth-order valence-electron chi connectivity index (χ4n) is 3.93. The van der Waals surface area contributed by atoms with E-state index in [9.17, 15) is 13.2 Å². The van der Waals surface area contributed by atoms with E-state index in [0.717, 1.165) is 5.56 Å². The molecule has 1 amide bonds. The van der Waals surface area contributed by atoms with Crippen molar-refractivity contribution >= 4 is 27.3 Å². The van der Waals surface area contributed by atoms with Crippen LogP contribution in [0.5, 0.6) is 11.5 Å². The van der Waals surface area contributed by atoms with Crippen LogP contribution in [0.4, 0.5) is 11.4 Å². The van der Waals surface area contributed by atoms with Gasteiger partial charge in [0, 0.05) is 23.4 Å². The van der Waals surface area contributed by atoms with E-state index in [1.165, 1.54) is 30.7 Å². The Labute approximate surface area is 187 Å². The molecule has 0 aliphatic carbocycles. The van der Waals surface area contributed by atoms with Gasteiger partial charge in [0.25, 0.3) is 15.9 Å². The smallest absolute Gasteiger partial charge is 0.264 e. The maximum absolute atomic E-state index is 13.5. The predicted molar refractivity (Wildman–Crippen MR) is 123 cm³/mol. The molecule has 166 valence electrons. The van der Waals surface area contributed by atoms with Crippen molar-refractivity contribution in [2.75, 3.05) is 23.8 Å². The van der Waals surface area contributed by atoms with Crippen LogP contribution in [0.2, 0.25) is 0 Å². The number of hydrogen-bond acceptors (Lipinski definition) is 5. The molecule has 7 nitrogen and oxygen atoms in total. The third-order valence-corrected chi connectivity index (χ3v) is 7.36. The normalized spacial score (nSPS) is 15.2. The largest absolute Gasteiger partial charge is 0.493 e. The Morgan fingerprint density at radius 2 is 1.72 bits per heavy atom. The van der Waals surface area contributed by atoms with Crippen LogP contribution in [-0.4, -0.2) is 34.6 Å². The summed E-state index contributed by atoms with van der Waals surface area (Å²) in [5.41, 5.74) is 2.41. The van der Waals surface area contributed by atoms with Gasteiger partial charge in [0.05, 0.1) is 24.8 Å². The van der Waals surface area contributed by atoms with E-state index < -0.39 is 15.9 Å². The van der Waals surface area contributed by atoms with Gasteiger partial charge in [0.15, 0.2) is 11.5 Å². The third-order valence-electron chi connectivity index (χ3n) is 5.44. The van der Waals surface area contributed by atoms with E-state index >= 15 is 0 Å². The zero-order chi connectivity index (χ0) is 22.9. The predicted octanol–water partition coefficient (Wildman–Crippen LogP) is 4.10. The molecular weight excluding hydrogens is 428 g/mol. The number of anilines is 2. The Morgan fingerprint density at radius 1 is 0.969 bits per heavy atom. The maximum Gasteiger partial charge on any atom is 0.264 e. The number of hydrogen-bond donors (Lipinski definition) is 1. The average molecular weight is 453 g/mol. The molecule has 0 unspecified atom stereocenters.